The number of aliphatic hydroxyl groups excluding tert-OH is 1. The van der Waals surface area contributed by atoms with Crippen LogP contribution in [-0.2, 0) is 14.4 Å². The molecule has 1 rings (SSSR count). The molecule has 2 atom stereocenters. The fourth-order valence-corrected chi connectivity index (χ4v) is 2.71. The standard InChI is InChI=1S/C17H25NO4/c1-4-5-11(2)6-12(3)15(20)10-14(19)7-13-8-16(21)18-17(22)9-13/h4-6,12-14,19H,7-10H2,1-3H3,(H,18,21,22). The highest BCUT2D eigenvalue weighted by molar-refractivity contribution is 5.97. The van der Waals surface area contributed by atoms with E-state index in [0.717, 1.165) is 5.57 Å². The van der Waals surface area contributed by atoms with Crippen molar-refractivity contribution in [3.05, 3.63) is 23.8 Å². The van der Waals surface area contributed by atoms with Gasteiger partial charge >= 0.3 is 0 Å². The van der Waals surface area contributed by atoms with Gasteiger partial charge in [-0.15, -0.1) is 0 Å². The van der Waals surface area contributed by atoms with Crippen molar-refractivity contribution in [3.63, 3.8) is 0 Å². The molecule has 0 aromatic carbocycles. The summed E-state index contributed by atoms with van der Waals surface area (Å²) >= 11 is 0. The summed E-state index contributed by atoms with van der Waals surface area (Å²) in [4.78, 5) is 34.7. The van der Waals surface area contributed by atoms with E-state index in [-0.39, 0.29) is 48.7 Å². The van der Waals surface area contributed by atoms with Crippen molar-refractivity contribution in [1.29, 1.82) is 0 Å². The zero-order valence-corrected chi connectivity index (χ0v) is 13.5. The van der Waals surface area contributed by atoms with Crippen LogP contribution < -0.4 is 5.32 Å². The van der Waals surface area contributed by atoms with Gasteiger partial charge in [0, 0.05) is 25.2 Å². The van der Waals surface area contributed by atoms with E-state index in [9.17, 15) is 19.5 Å². The molecule has 5 heteroatoms. The fraction of sp³-hybridized carbons (Fsp3) is 0.588. The molecule has 1 aliphatic heterocycles. The SMILES string of the molecule is CC=CC(C)=CC(C)C(=O)CC(O)CC1CC(=O)NC(=O)C1. The Morgan fingerprint density at radius 2 is 1.95 bits per heavy atom. The van der Waals surface area contributed by atoms with Crippen molar-refractivity contribution in [1.82, 2.24) is 5.32 Å². The number of amides is 2. The normalized spacial score (nSPS) is 20.1. The molecule has 1 fully saturated rings. The van der Waals surface area contributed by atoms with Gasteiger partial charge in [-0.25, -0.2) is 0 Å². The number of nitrogens with one attached hydrogen (secondary N) is 1. The van der Waals surface area contributed by atoms with E-state index >= 15 is 0 Å². The average Bonchev–Trinajstić information content (AvgIpc) is 2.36. The quantitative estimate of drug-likeness (QED) is 0.556. The Bertz CT molecular complexity index is 477. The van der Waals surface area contributed by atoms with Crippen molar-refractivity contribution in [3.8, 4) is 0 Å². The number of Topliss-reactive ketones (excluding diaryl/α,β-unsaturated/α-hetero) is 1. The number of aliphatic hydroxyl groups is 1. The molecule has 22 heavy (non-hydrogen) atoms. The third-order valence-corrected chi connectivity index (χ3v) is 3.72. The summed E-state index contributed by atoms with van der Waals surface area (Å²) in [6.07, 6.45) is 5.69. The highest BCUT2D eigenvalue weighted by Crippen LogP contribution is 2.21. The van der Waals surface area contributed by atoms with E-state index in [4.69, 9.17) is 0 Å². The molecule has 2 amide bonds. The minimum atomic E-state index is -0.811. The minimum absolute atomic E-state index is 0.0389. The lowest BCUT2D eigenvalue weighted by atomic mass is 9.88. The highest BCUT2D eigenvalue weighted by Gasteiger charge is 2.27. The van der Waals surface area contributed by atoms with E-state index in [1.165, 1.54) is 0 Å². The lowest BCUT2D eigenvalue weighted by molar-refractivity contribution is -0.135. The summed E-state index contributed by atoms with van der Waals surface area (Å²) in [5.41, 5.74) is 1.01. The maximum atomic E-state index is 12.1. The smallest absolute Gasteiger partial charge is 0.226 e. The van der Waals surface area contributed by atoms with Gasteiger partial charge in [0.1, 0.15) is 5.78 Å². The topological polar surface area (TPSA) is 83.5 Å². The summed E-state index contributed by atoms with van der Waals surface area (Å²) in [6, 6.07) is 0. The van der Waals surface area contributed by atoms with Crippen LogP contribution in [0.15, 0.2) is 23.8 Å². The maximum Gasteiger partial charge on any atom is 0.226 e. The van der Waals surface area contributed by atoms with E-state index in [1.54, 1.807) is 6.92 Å². The Morgan fingerprint density at radius 1 is 1.36 bits per heavy atom. The second kappa shape index (κ2) is 8.63. The molecule has 0 aromatic heterocycles. The highest BCUT2D eigenvalue weighted by atomic mass is 16.3. The van der Waals surface area contributed by atoms with Crippen molar-refractivity contribution in [2.45, 2.75) is 52.6 Å². The van der Waals surface area contributed by atoms with E-state index in [0.29, 0.717) is 6.42 Å². The number of carbonyl (C=O) groups excluding carboxylic acids is 3. The molecule has 0 aromatic rings. The second-order valence-corrected chi connectivity index (χ2v) is 6.00. The van der Waals surface area contributed by atoms with Gasteiger partial charge in [-0.05, 0) is 26.2 Å². The van der Waals surface area contributed by atoms with Gasteiger partial charge in [0.05, 0.1) is 6.10 Å². The number of piperidine rings is 1. The number of hydrogen-bond donors (Lipinski definition) is 2. The predicted octanol–water partition coefficient (Wildman–Crippen LogP) is 1.91. The number of ketones is 1. The molecule has 5 nitrogen and oxygen atoms in total. The second-order valence-electron chi connectivity index (χ2n) is 6.00. The molecule has 0 spiro atoms. The Hall–Kier alpha value is -1.75. The third-order valence-electron chi connectivity index (χ3n) is 3.72. The Balaban J connectivity index is 2.48. The van der Waals surface area contributed by atoms with Gasteiger partial charge in [0.2, 0.25) is 11.8 Å². The lowest BCUT2D eigenvalue weighted by Gasteiger charge is -2.23. The Morgan fingerprint density at radius 3 is 2.50 bits per heavy atom. The molecule has 1 aliphatic rings. The zero-order chi connectivity index (χ0) is 16.7. The Labute approximate surface area is 131 Å². The van der Waals surface area contributed by atoms with Crippen molar-refractivity contribution in [2.75, 3.05) is 0 Å². The number of hydrogen-bond acceptors (Lipinski definition) is 4. The largest absolute Gasteiger partial charge is 0.393 e. The first-order valence-corrected chi connectivity index (χ1v) is 7.66. The van der Waals surface area contributed by atoms with Crippen molar-refractivity contribution in [2.24, 2.45) is 11.8 Å². The summed E-state index contributed by atoms with van der Waals surface area (Å²) in [5.74, 6) is -1.10. The van der Waals surface area contributed by atoms with E-state index in [2.05, 4.69) is 5.32 Å². The first-order chi connectivity index (χ1) is 10.3. The zero-order valence-electron chi connectivity index (χ0n) is 13.5. The fourth-order valence-electron chi connectivity index (χ4n) is 2.71. The third kappa shape index (κ3) is 6.35. The summed E-state index contributed by atoms with van der Waals surface area (Å²) in [5, 5.41) is 12.3. The molecule has 1 heterocycles. The minimum Gasteiger partial charge on any atom is -0.393 e. The molecule has 2 N–H and O–H groups in total. The molecule has 0 saturated carbocycles. The molecule has 1 saturated heterocycles. The lowest BCUT2D eigenvalue weighted by Crippen LogP contribution is -2.39. The van der Waals surface area contributed by atoms with Crippen LogP contribution in [0.1, 0.15) is 46.5 Å². The summed E-state index contributed by atoms with van der Waals surface area (Å²) in [6.45, 7) is 5.64. The molecular formula is C17H25NO4. The number of imide groups is 1. The van der Waals surface area contributed by atoms with Gasteiger partial charge in [-0.2, -0.15) is 0 Å². The Kier molecular flexibility index (Phi) is 7.18. The molecule has 0 radical (unpaired) electrons. The molecule has 122 valence electrons. The van der Waals surface area contributed by atoms with Crippen LogP contribution in [0.2, 0.25) is 0 Å². The molecule has 2 unspecified atom stereocenters. The molecule has 0 aliphatic carbocycles. The van der Waals surface area contributed by atoms with Gasteiger partial charge in [-0.3, -0.25) is 19.7 Å². The van der Waals surface area contributed by atoms with Crippen LogP contribution in [0.3, 0.4) is 0 Å². The molecular weight excluding hydrogens is 282 g/mol. The average molecular weight is 307 g/mol. The van der Waals surface area contributed by atoms with Gasteiger partial charge < -0.3 is 5.11 Å². The van der Waals surface area contributed by atoms with Crippen molar-refractivity contribution >= 4 is 17.6 Å². The number of rotatable bonds is 7. The van der Waals surface area contributed by atoms with Gasteiger partial charge in [0.25, 0.3) is 0 Å². The van der Waals surface area contributed by atoms with Crippen LogP contribution in [-0.4, -0.2) is 28.8 Å². The van der Waals surface area contributed by atoms with E-state index < -0.39 is 6.10 Å². The first kappa shape index (κ1) is 18.3. The van der Waals surface area contributed by atoms with Gasteiger partial charge in [0.15, 0.2) is 0 Å². The monoisotopic (exact) mass is 307 g/mol. The van der Waals surface area contributed by atoms with Crippen LogP contribution in [0.5, 0.6) is 0 Å². The maximum absolute atomic E-state index is 12.1. The first-order valence-electron chi connectivity index (χ1n) is 7.66. The van der Waals surface area contributed by atoms with Crippen LogP contribution >= 0.6 is 0 Å². The number of carbonyl (C=O) groups is 3. The van der Waals surface area contributed by atoms with Gasteiger partial charge in [-0.1, -0.05) is 30.7 Å². The number of allylic oxidation sites excluding steroid dienone is 4. The van der Waals surface area contributed by atoms with E-state index in [1.807, 2.05) is 32.1 Å². The predicted molar refractivity (Wildman–Crippen MR) is 83.9 cm³/mol. The summed E-state index contributed by atoms with van der Waals surface area (Å²) in [7, 11) is 0. The summed E-state index contributed by atoms with van der Waals surface area (Å²) < 4.78 is 0. The van der Waals surface area contributed by atoms with Crippen LogP contribution in [0.25, 0.3) is 0 Å². The van der Waals surface area contributed by atoms with Crippen LogP contribution in [0.4, 0.5) is 0 Å². The molecule has 0 bridgehead atoms. The van der Waals surface area contributed by atoms with Crippen LogP contribution in [0, 0.1) is 11.8 Å². The van der Waals surface area contributed by atoms with Crippen molar-refractivity contribution < 1.29 is 19.5 Å².